The van der Waals surface area contributed by atoms with Crippen molar-refractivity contribution in [3.63, 3.8) is 0 Å². The Kier molecular flexibility index (Phi) is 3.20. The van der Waals surface area contributed by atoms with Crippen molar-refractivity contribution in [2.24, 2.45) is 5.73 Å². The number of hydrogen-bond donors (Lipinski definition) is 1. The standard InChI is InChI=1S/C14H13F2N/c1-9-2-4-11(15)6-13(9)14-7-12(16)5-3-10(14)8-17/h2-7H,8,17H2,1H3. The number of nitrogens with two attached hydrogens (primary N) is 1. The maximum atomic E-state index is 13.3. The van der Waals surface area contributed by atoms with Crippen LogP contribution < -0.4 is 5.73 Å². The summed E-state index contributed by atoms with van der Waals surface area (Å²) in [5, 5.41) is 0. The van der Waals surface area contributed by atoms with Gasteiger partial charge in [0.2, 0.25) is 0 Å². The van der Waals surface area contributed by atoms with Gasteiger partial charge in [0.1, 0.15) is 11.6 Å². The molecule has 2 aromatic rings. The maximum Gasteiger partial charge on any atom is 0.123 e. The molecular weight excluding hydrogens is 220 g/mol. The summed E-state index contributed by atoms with van der Waals surface area (Å²) in [6.07, 6.45) is 0. The van der Waals surface area contributed by atoms with Crippen LogP contribution in [0.4, 0.5) is 8.78 Å². The Hall–Kier alpha value is -1.74. The number of aryl methyl sites for hydroxylation is 1. The van der Waals surface area contributed by atoms with E-state index >= 15 is 0 Å². The molecule has 0 aliphatic carbocycles. The van der Waals surface area contributed by atoms with Gasteiger partial charge in [0, 0.05) is 6.54 Å². The van der Waals surface area contributed by atoms with Gasteiger partial charge in [-0.25, -0.2) is 8.78 Å². The Balaban J connectivity index is 2.66. The lowest BCUT2D eigenvalue weighted by molar-refractivity contribution is 0.625. The van der Waals surface area contributed by atoms with Crippen LogP contribution in [0.3, 0.4) is 0 Å². The van der Waals surface area contributed by atoms with Gasteiger partial charge in [-0.15, -0.1) is 0 Å². The Bertz CT molecular complexity index is 550. The van der Waals surface area contributed by atoms with E-state index in [1.807, 2.05) is 6.92 Å². The molecule has 0 fully saturated rings. The van der Waals surface area contributed by atoms with Crippen molar-refractivity contribution >= 4 is 0 Å². The lowest BCUT2D eigenvalue weighted by atomic mass is 9.96. The van der Waals surface area contributed by atoms with Crippen LogP contribution in [0.1, 0.15) is 11.1 Å². The number of benzene rings is 2. The Morgan fingerprint density at radius 3 is 2.18 bits per heavy atom. The predicted molar refractivity (Wildman–Crippen MR) is 64.4 cm³/mol. The highest BCUT2D eigenvalue weighted by molar-refractivity contribution is 5.70. The van der Waals surface area contributed by atoms with E-state index in [2.05, 4.69) is 0 Å². The van der Waals surface area contributed by atoms with Crippen molar-refractivity contribution in [2.75, 3.05) is 0 Å². The summed E-state index contributed by atoms with van der Waals surface area (Å²) in [5.41, 5.74) is 8.65. The minimum absolute atomic E-state index is 0.297. The fraction of sp³-hybridized carbons (Fsp3) is 0.143. The van der Waals surface area contributed by atoms with Crippen molar-refractivity contribution in [1.29, 1.82) is 0 Å². The summed E-state index contributed by atoms with van der Waals surface area (Å²) in [6, 6.07) is 8.86. The van der Waals surface area contributed by atoms with E-state index in [0.29, 0.717) is 17.7 Å². The third-order valence-corrected chi connectivity index (χ3v) is 2.78. The van der Waals surface area contributed by atoms with Crippen LogP contribution in [-0.4, -0.2) is 0 Å². The molecule has 0 saturated carbocycles. The minimum atomic E-state index is -0.346. The largest absolute Gasteiger partial charge is 0.326 e. The molecule has 88 valence electrons. The summed E-state index contributed by atoms with van der Waals surface area (Å²) in [4.78, 5) is 0. The SMILES string of the molecule is Cc1ccc(F)cc1-c1cc(F)ccc1CN. The van der Waals surface area contributed by atoms with Gasteiger partial charge in [0.25, 0.3) is 0 Å². The first-order chi connectivity index (χ1) is 8.11. The van der Waals surface area contributed by atoms with Crippen LogP contribution in [0.2, 0.25) is 0 Å². The molecule has 2 aromatic carbocycles. The van der Waals surface area contributed by atoms with Crippen molar-refractivity contribution in [2.45, 2.75) is 13.5 Å². The molecule has 0 heterocycles. The molecule has 0 saturated heterocycles. The van der Waals surface area contributed by atoms with Gasteiger partial charge in [-0.05, 0) is 53.4 Å². The van der Waals surface area contributed by atoms with Crippen LogP contribution in [0, 0.1) is 18.6 Å². The highest BCUT2D eigenvalue weighted by atomic mass is 19.1. The second kappa shape index (κ2) is 4.63. The monoisotopic (exact) mass is 233 g/mol. The van der Waals surface area contributed by atoms with Crippen molar-refractivity contribution < 1.29 is 8.78 Å². The molecule has 0 unspecified atom stereocenters. The first-order valence-corrected chi connectivity index (χ1v) is 5.37. The molecule has 0 aliphatic heterocycles. The molecule has 0 amide bonds. The molecule has 1 nitrogen and oxygen atoms in total. The summed E-state index contributed by atoms with van der Waals surface area (Å²) in [7, 11) is 0. The smallest absolute Gasteiger partial charge is 0.123 e. The molecule has 0 spiro atoms. The molecule has 17 heavy (non-hydrogen) atoms. The van der Waals surface area contributed by atoms with Crippen LogP contribution in [-0.2, 0) is 6.54 Å². The highest BCUT2D eigenvalue weighted by Crippen LogP contribution is 2.28. The Morgan fingerprint density at radius 2 is 1.53 bits per heavy atom. The van der Waals surface area contributed by atoms with Gasteiger partial charge >= 0.3 is 0 Å². The third kappa shape index (κ3) is 2.34. The van der Waals surface area contributed by atoms with E-state index in [4.69, 9.17) is 5.73 Å². The average molecular weight is 233 g/mol. The Labute approximate surface area is 98.9 Å². The average Bonchev–Trinajstić information content (AvgIpc) is 2.32. The molecule has 0 atom stereocenters. The first-order valence-electron chi connectivity index (χ1n) is 5.37. The molecule has 2 N–H and O–H groups in total. The highest BCUT2D eigenvalue weighted by Gasteiger charge is 2.09. The zero-order valence-electron chi connectivity index (χ0n) is 9.50. The molecule has 0 aromatic heterocycles. The van der Waals surface area contributed by atoms with E-state index in [9.17, 15) is 8.78 Å². The predicted octanol–water partition coefficient (Wildman–Crippen LogP) is 3.40. The summed E-state index contributed by atoms with van der Waals surface area (Å²) in [6.45, 7) is 2.16. The van der Waals surface area contributed by atoms with Gasteiger partial charge in [-0.2, -0.15) is 0 Å². The summed E-state index contributed by atoms with van der Waals surface area (Å²) in [5.74, 6) is -0.682. The van der Waals surface area contributed by atoms with Gasteiger partial charge < -0.3 is 5.73 Å². The van der Waals surface area contributed by atoms with Crippen molar-refractivity contribution in [3.05, 3.63) is 59.2 Å². The lowest BCUT2D eigenvalue weighted by Gasteiger charge is -2.11. The van der Waals surface area contributed by atoms with Gasteiger partial charge in [-0.1, -0.05) is 12.1 Å². The van der Waals surface area contributed by atoms with E-state index in [1.54, 1.807) is 12.1 Å². The fourth-order valence-electron chi connectivity index (χ4n) is 1.86. The molecule has 2 rings (SSSR count). The molecule has 0 bridgehead atoms. The fourth-order valence-corrected chi connectivity index (χ4v) is 1.86. The van der Waals surface area contributed by atoms with E-state index in [-0.39, 0.29) is 11.6 Å². The quantitative estimate of drug-likeness (QED) is 0.845. The summed E-state index contributed by atoms with van der Waals surface area (Å²) < 4.78 is 26.5. The zero-order chi connectivity index (χ0) is 12.4. The molecular formula is C14H13F2N. The summed E-state index contributed by atoms with van der Waals surface area (Å²) >= 11 is 0. The second-order valence-electron chi connectivity index (χ2n) is 3.96. The molecule has 0 radical (unpaired) electrons. The zero-order valence-corrected chi connectivity index (χ0v) is 9.50. The van der Waals surface area contributed by atoms with Crippen LogP contribution in [0.5, 0.6) is 0 Å². The molecule has 0 aliphatic rings. The van der Waals surface area contributed by atoms with Crippen LogP contribution in [0.15, 0.2) is 36.4 Å². The van der Waals surface area contributed by atoms with E-state index in [1.165, 1.54) is 24.3 Å². The third-order valence-electron chi connectivity index (χ3n) is 2.78. The number of hydrogen-bond acceptors (Lipinski definition) is 1. The first kappa shape index (κ1) is 11.7. The van der Waals surface area contributed by atoms with Crippen molar-refractivity contribution in [3.8, 4) is 11.1 Å². The van der Waals surface area contributed by atoms with Crippen LogP contribution >= 0.6 is 0 Å². The second-order valence-corrected chi connectivity index (χ2v) is 3.96. The number of halogens is 2. The minimum Gasteiger partial charge on any atom is -0.326 e. The Morgan fingerprint density at radius 1 is 0.941 bits per heavy atom. The van der Waals surface area contributed by atoms with E-state index < -0.39 is 0 Å². The maximum absolute atomic E-state index is 13.3. The van der Waals surface area contributed by atoms with Gasteiger partial charge in [-0.3, -0.25) is 0 Å². The van der Waals surface area contributed by atoms with E-state index in [0.717, 1.165) is 11.1 Å². The topological polar surface area (TPSA) is 26.0 Å². The van der Waals surface area contributed by atoms with Crippen molar-refractivity contribution in [1.82, 2.24) is 0 Å². The van der Waals surface area contributed by atoms with Crippen LogP contribution in [0.25, 0.3) is 11.1 Å². The molecule has 3 heteroatoms. The lowest BCUT2D eigenvalue weighted by Crippen LogP contribution is -2.00. The van der Waals surface area contributed by atoms with Gasteiger partial charge in [0.05, 0.1) is 0 Å². The van der Waals surface area contributed by atoms with Gasteiger partial charge in [0.15, 0.2) is 0 Å². The number of rotatable bonds is 2. The normalized spacial score (nSPS) is 10.6.